The van der Waals surface area contributed by atoms with Crippen LogP contribution in [0, 0.1) is 0 Å². The van der Waals surface area contributed by atoms with Gasteiger partial charge in [-0.25, -0.2) is 0 Å². The third-order valence-corrected chi connectivity index (χ3v) is 4.64. The molecule has 182 valence electrons. The second kappa shape index (κ2) is 28.8. The first-order chi connectivity index (χ1) is 14.9. The lowest BCUT2D eigenvalue weighted by atomic mass is 10.1. The van der Waals surface area contributed by atoms with E-state index < -0.39 is 0 Å². The van der Waals surface area contributed by atoms with E-state index in [0.717, 1.165) is 32.5 Å². The van der Waals surface area contributed by atoms with Crippen molar-refractivity contribution < 1.29 is 28.4 Å². The highest BCUT2D eigenvalue weighted by Crippen LogP contribution is 2.08. The summed E-state index contributed by atoms with van der Waals surface area (Å²) in [5.41, 5.74) is 0. The average molecular weight is 435 g/mol. The normalized spacial score (nSPS) is 11.4. The topological polar surface area (TPSA) is 55.4 Å². The summed E-state index contributed by atoms with van der Waals surface area (Å²) >= 11 is 0. The second-order valence-corrected chi connectivity index (χ2v) is 7.50. The van der Waals surface area contributed by atoms with Gasteiger partial charge in [-0.05, 0) is 12.8 Å². The molecule has 0 unspecified atom stereocenters. The third-order valence-electron chi connectivity index (χ3n) is 4.64. The summed E-state index contributed by atoms with van der Waals surface area (Å²) in [5, 5.41) is 0. The Balaban J connectivity index is 2.97. The lowest BCUT2D eigenvalue weighted by Crippen LogP contribution is -2.14. The molecule has 0 aliphatic carbocycles. The molecule has 0 fully saturated rings. The van der Waals surface area contributed by atoms with Crippen molar-refractivity contribution in [3.63, 3.8) is 0 Å². The van der Waals surface area contributed by atoms with Crippen molar-refractivity contribution in [2.75, 3.05) is 79.3 Å². The molecule has 0 N–H and O–H groups in total. The lowest BCUT2D eigenvalue weighted by molar-refractivity contribution is -0.0169. The molecule has 0 atom stereocenters. The van der Waals surface area contributed by atoms with Gasteiger partial charge < -0.3 is 28.4 Å². The third kappa shape index (κ3) is 27.8. The van der Waals surface area contributed by atoms with Gasteiger partial charge in [-0.1, -0.05) is 65.2 Å². The fraction of sp³-hybridized carbons (Fsp3) is 1.00. The lowest BCUT2D eigenvalue weighted by Gasteiger charge is -2.08. The van der Waals surface area contributed by atoms with E-state index in [0.29, 0.717) is 66.1 Å². The summed E-state index contributed by atoms with van der Waals surface area (Å²) in [6.45, 7) is 12.2. The van der Waals surface area contributed by atoms with Crippen molar-refractivity contribution in [1.29, 1.82) is 0 Å². The molecule has 30 heavy (non-hydrogen) atoms. The van der Waals surface area contributed by atoms with E-state index in [2.05, 4.69) is 13.8 Å². The van der Waals surface area contributed by atoms with E-state index in [1.165, 1.54) is 44.9 Å². The Hall–Kier alpha value is -0.240. The molecule has 0 aliphatic rings. The van der Waals surface area contributed by atoms with Crippen LogP contribution in [-0.4, -0.2) is 79.3 Å². The minimum Gasteiger partial charge on any atom is -0.379 e. The van der Waals surface area contributed by atoms with Crippen LogP contribution in [0.15, 0.2) is 0 Å². The van der Waals surface area contributed by atoms with Crippen molar-refractivity contribution in [2.24, 2.45) is 0 Å². The van der Waals surface area contributed by atoms with Gasteiger partial charge in [0.2, 0.25) is 0 Å². The van der Waals surface area contributed by atoms with Crippen LogP contribution in [-0.2, 0) is 28.4 Å². The molecule has 0 aromatic heterocycles. The molecule has 0 saturated carbocycles. The minimum absolute atomic E-state index is 0.581. The molecule has 0 heterocycles. The zero-order valence-corrected chi connectivity index (χ0v) is 20.0. The van der Waals surface area contributed by atoms with Crippen molar-refractivity contribution in [2.45, 2.75) is 78.1 Å². The van der Waals surface area contributed by atoms with Crippen molar-refractivity contribution >= 4 is 0 Å². The van der Waals surface area contributed by atoms with Crippen molar-refractivity contribution in [3.8, 4) is 0 Å². The van der Waals surface area contributed by atoms with E-state index in [1.54, 1.807) is 0 Å². The van der Waals surface area contributed by atoms with E-state index in [1.807, 2.05) is 0 Å². The molecule has 0 bridgehead atoms. The maximum atomic E-state index is 5.60. The van der Waals surface area contributed by atoms with Crippen LogP contribution >= 0.6 is 0 Å². The van der Waals surface area contributed by atoms with Gasteiger partial charge in [-0.2, -0.15) is 0 Å². The Morgan fingerprint density at radius 3 is 0.900 bits per heavy atom. The van der Waals surface area contributed by atoms with Gasteiger partial charge in [0.05, 0.1) is 66.1 Å². The quantitative estimate of drug-likeness (QED) is 0.169. The van der Waals surface area contributed by atoms with E-state index in [9.17, 15) is 0 Å². The maximum absolute atomic E-state index is 5.60. The Kier molecular flexibility index (Phi) is 28.5. The first kappa shape index (κ1) is 29.8. The zero-order chi connectivity index (χ0) is 21.8. The monoisotopic (exact) mass is 434 g/mol. The highest BCUT2D eigenvalue weighted by atomic mass is 16.6. The second-order valence-electron chi connectivity index (χ2n) is 7.50. The fourth-order valence-electron chi connectivity index (χ4n) is 2.79. The summed E-state index contributed by atoms with van der Waals surface area (Å²) in [4.78, 5) is 0. The van der Waals surface area contributed by atoms with Gasteiger partial charge in [-0.3, -0.25) is 0 Å². The largest absolute Gasteiger partial charge is 0.379 e. The smallest absolute Gasteiger partial charge is 0.0701 e. The van der Waals surface area contributed by atoms with Crippen LogP contribution < -0.4 is 0 Å². The summed E-state index contributed by atoms with van der Waals surface area (Å²) in [7, 11) is 0. The van der Waals surface area contributed by atoms with Gasteiger partial charge >= 0.3 is 0 Å². The molecular formula is C24H50O6. The molecule has 0 aliphatic heterocycles. The van der Waals surface area contributed by atoms with Gasteiger partial charge in [0, 0.05) is 13.2 Å². The summed E-state index contributed by atoms with van der Waals surface area (Å²) < 4.78 is 32.9. The molecule has 0 aromatic rings. The fourth-order valence-corrected chi connectivity index (χ4v) is 2.79. The van der Waals surface area contributed by atoms with Crippen molar-refractivity contribution in [1.82, 2.24) is 0 Å². The predicted octanol–water partition coefficient (Wildman–Crippen LogP) is 5.03. The molecule has 6 nitrogen and oxygen atoms in total. The van der Waals surface area contributed by atoms with E-state index in [-0.39, 0.29) is 0 Å². The van der Waals surface area contributed by atoms with Gasteiger partial charge in [0.15, 0.2) is 0 Å². The van der Waals surface area contributed by atoms with Crippen LogP contribution in [0.25, 0.3) is 0 Å². The Labute approximate surface area is 186 Å². The van der Waals surface area contributed by atoms with Crippen LogP contribution in [0.3, 0.4) is 0 Å². The Morgan fingerprint density at radius 1 is 0.267 bits per heavy atom. The van der Waals surface area contributed by atoms with E-state index in [4.69, 9.17) is 28.4 Å². The first-order valence-corrected chi connectivity index (χ1v) is 12.4. The number of hydrogen-bond acceptors (Lipinski definition) is 6. The molecule has 0 rings (SSSR count). The number of hydrogen-bond donors (Lipinski definition) is 0. The van der Waals surface area contributed by atoms with E-state index >= 15 is 0 Å². The van der Waals surface area contributed by atoms with Crippen LogP contribution in [0.5, 0.6) is 0 Å². The molecule has 6 heteroatoms. The molecule has 0 aromatic carbocycles. The maximum Gasteiger partial charge on any atom is 0.0701 e. The summed E-state index contributed by atoms with van der Waals surface area (Å²) in [5.74, 6) is 0. The number of rotatable bonds is 27. The highest BCUT2D eigenvalue weighted by Gasteiger charge is 1.95. The van der Waals surface area contributed by atoms with Crippen molar-refractivity contribution in [3.05, 3.63) is 0 Å². The van der Waals surface area contributed by atoms with Crippen LogP contribution in [0.2, 0.25) is 0 Å². The molecule has 0 amide bonds. The zero-order valence-electron chi connectivity index (χ0n) is 20.0. The van der Waals surface area contributed by atoms with Crippen LogP contribution in [0.1, 0.15) is 78.1 Å². The predicted molar refractivity (Wildman–Crippen MR) is 122 cm³/mol. The first-order valence-electron chi connectivity index (χ1n) is 12.4. The average Bonchev–Trinajstić information content (AvgIpc) is 2.76. The summed E-state index contributed by atoms with van der Waals surface area (Å²) in [6.07, 6.45) is 12.9. The molecule has 0 radical (unpaired) electrons. The Morgan fingerprint density at radius 2 is 0.533 bits per heavy atom. The van der Waals surface area contributed by atoms with Gasteiger partial charge in [0.25, 0.3) is 0 Å². The van der Waals surface area contributed by atoms with Gasteiger partial charge in [-0.15, -0.1) is 0 Å². The number of unbranched alkanes of at least 4 members (excludes halogenated alkanes) is 8. The number of ether oxygens (including phenoxy) is 6. The SMILES string of the molecule is CCCCCCCCCCOCCOCCOCCOCCOCCOCCCC. The molecule has 0 saturated heterocycles. The molecular weight excluding hydrogens is 384 g/mol. The van der Waals surface area contributed by atoms with Crippen LogP contribution in [0.4, 0.5) is 0 Å². The Bertz CT molecular complexity index is 263. The molecule has 0 spiro atoms. The summed E-state index contributed by atoms with van der Waals surface area (Å²) in [6, 6.07) is 0. The van der Waals surface area contributed by atoms with Gasteiger partial charge in [0.1, 0.15) is 0 Å². The minimum atomic E-state index is 0.581. The standard InChI is InChI=1S/C24H50O6/c1-3-5-7-8-9-10-11-12-14-26-16-18-28-20-22-30-24-23-29-21-19-27-17-15-25-13-6-4-2/h3-24H2,1-2H3. The highest BCUT2D eigenvalue weighted by molar-refractivity contribution is 4.46.